The van der Waals surface area contributed by atoms with Crippen LogP contribution in [0, 0.1) is 0 Å². The summed E-state index contributed by atoms with van der Waals surface area (Å²) < 4.78 is 49.5. The van der Waals surface area contributed by atoms with Crippen molar-refractivity contribution in [3.8, 4) is 0 Å². The number of primary sulfonamides is 1. The van der Waals surface area contributed by atoms with Gasteiger partial charge in [-0.15, -0.1) is 0 Å². The van der Waals surface area contributed by atoms with Crippen molar-refractivity contribution < 1.29 is 22.0 Å². The molecule has 0 unspecified atom stereocenters. The Morgan fingerprint density at radius 2 is 1.79 bits per heavy atom. The minimum Gasteiger partial charge on any atom is -0.322 e. The minimum atomic E-state index is -3.88. The Balaban J connectivity index is 1.82. The Morgan fingerprint density at radius 1 is 1.08 bits per heavy atom. The molecule has 0 saturated heterocycles. The van der Waals surface area contributed by atoms with Gasteiger partial charge in [0.1, 0.15) is 0 Å². The van der Waals surface area contributed by atoms with Crippen LogP contribution in [0.1, 0.15) is 21.5 Å². The monoisotopic (exact) mass is 352 g/mol. The van der Waals surface area contributed by atoms with E-state index in [-0.39, 0.29) is 29.0 Å². The first-order chi connectivity index (χ1) is 11.1. The van der Waals surface area contributed by atoms with Crippen LogP contribution in [0.2, 0.25) is 0 Å². The summed E-state index contributed by atoms with van der Waals surface area (Å²) in [5, 5.41) is 7.58. The maximum atomic E-state index is 13.4. The van der Waals surface area contributed by atoms with Gasteiger partial charge in [-0.1, -0.05) is 12.1 Å². The van der Waals surface area contributed by atoms with Crippen LogP contribution < -0.4 is 10.5 Å². The van der Waals surface area contributed by atoms with Crippen LogP contribution in [0.4, 0.5) is 14.5 Å². The third kappa shape index (κ3) is 3.44. The average molecular weight is 352 g/mol. The normalized spacial score (nSPS) is 15.8. The van der Waals surface area contributed by atoms with Gasteiger partial charge in [0.15, 0.2) is 0 Å². The van der Waals surface area contributed by atoms with Crippen molar-refractivity contribution in [1.29, 1.82) is 0 Å². The van der Waals surface area contributed by atoms with Crippen molar-refractivity contribution in [2.75, 3.05) is 5.32 Å². The van der Waals surface area contributed by atoms with Crippen molar-refractivity contribution >= 4 is 21.6 Å². The molecule has 8 heteroatoms. The van der Waals surface area contributed by atoms with Crippen LogP contribution in [0.15, 0.2) is 47.4 Å². The highest BCUT2D eigenvalue weighted by Gasteiger charge is 2.37. The molecule has 5 nitrogen and oxygen atoms in total. The Hall–Kier alpha value is -2.32. The van der Waals surface area contributed by atoms with Gasteiger partial charge < -0.3 is 5.32 Å². The van der Waals surface area contributed by atoms with E-state index in [1.807, 2.05) is 0 Å². The fraction of sp³-hybridized carbons (Fsp3) is 0.188. The number of carbonyl (C=O) groups excluding carboxylic acids is 1. The predicted octanol–water partition coefficient (Wildman–Crippen LogP) is 2.32. The number of nitrogens with two attached hydrogens (primary N) is 1. The van der Waals surface area contributed by atoms with Crippen molar-refractivity contribution in [1.82, 2.24) is 0 Å². The second kappa shape index (κ2) is 5.64. The number of halogens is 2. The zero-order chi connectivity index (χ0) is 17.5. The molecule has 1 aliphatic carbocycles. The van der Waals surface area contributed by atoms with Gasteiger partial charge in [0, 0.05) is 24.1 Å². The first-order valence-corrected chi connectivity index (χ1v) is 8.63. The predicted molar refractivity (Wildman–Crippen MR) is 84.6 cm³/mol. The number of amides is 1. The van der Waals surface area contributed by atoms with Gasteiger partial charge in [0.05, 0.1) is 4.90 Å². The Morgan fingerprint density at radius 3 is 2.50 bits per heavy atom. The third-order valence-corrected chi connectivity index (χ3v) is 4.70. The molecule has 2 aromatic rings. The van der Waals surface area contributed by atoms with E-state index >= 15 is 0 Å². The Labute approximate surface area is 137 Å². The first-order valence-electron chi connectivity index (χ1n) is 7.08. The van der Waals surface area contributed by atoms with Crippen LogP contribution in [0.5, 0.6) is 0 Å². The van der Waals surface area contributed by atoms with E-state index in [1.165, 1.54) is 42.5 Å². The molecule has 0 saturated carbocycles. The molecular formula is C16H14F2N2O3S. The van der Waals surface area contributed by atoms with E-state index in [9.17, 15) is 22.0 Å². The quantitative estimate of drug-likeness (QED) is 0.888. The van der Waals surface area contributed by atoms with Crippen molar-refractivity contribution in [3.63, 3.8) is 0 Å². The molecule has 0 heterocycles. The number of hydrogen-bond acceptors (Lipinski definition) is 3. The number of sulfonamides is 1. The smallest absolute Gasteiger partial charge is 0.256 e. The zero-order valence-electron chi connectivity index (χ0n) is 12.4. The van der Waals surface area contributed by atoms with E-state index in [0.29, 0.717) is 11.1 Å². The second-order valence-corrected chi connectivity index (χ2v) is 7.28. The number of fused-ring (bicyclic) bond motifs is 1. The molecule has 0 aromatic heterocycles. The molecule has 1 amide bonds. The highest BCUT2D eigenvalue weighted by molar-refractivity contribution is 7.89. The number of hydrogen-bond donors (Lipinski definition) is 2. The maximum Gasteiger partial charge on any atom is 0.256 e. The highest BCUT2D eigenvalue weighted by atomic mass is 32.2. The standard InChI is InChI=1S/C16H14F2N2O3S/c17-16(18)8-11-5-4-10(6-12(11)9-16)15(21)20-13-2-1-3-14(7-13)24(19,22)23/h1-7H,8-9H2,(H,20,21)(H2,19,22,23). The largest absolute Gasteiger partial charge is 0.322 e. The molecule has 2 aromatic carbocycles. The third-order valence-electron chi connectivity index (χ3n) is 3.79. The van der Waals surface area contributed by atoms with Gasteiger partial charge in [-0.25, -0.2) is 22.3 Å². The number of benzene rings is 2. The summed E-state index contributed by atoms with van der Waals surface area (Å²) in [6, 6.07) is 9.92. The van der Waals surface area contributed by atoms with Crippen molar-refractivity contribution in [2.24, 2.45) is 5.14 Å². The summed E-state index contributed by atoms with van der Waals surface area (Å²) in [7, 11) is -3.88. The van der Waals surface area contributed by atoms with Crippen molar-refractivity contribution in [3.05, 3.63) is 59.2 Å². The summed E-state index contributed by atoms with van der Waals surface area (Å²) in [5.41, 5.74) is 1.46. The molecule has 0 fully saturated rings. The van der Waals surface area contributed by atoms with Crippen LogP contribution >= 0.6 is 0 Å². The molecule has 0 radical (unpaired) electrons. The van der Waals surface area contributed by atoms with Crippen LogP contribution in [0.3, 0.4) is 0 Å². The van der Waals surface area contributed by atoms with E-state index in [2.05, 4.69) is 5.32 Å². The molecule has 24 heavy (non-hydrogen) atoms. The Kier molecular flexibility index (Phi) is 3.89. The lowest BCUT2D eigenvalue weighted by Gasteiger charge is -2.08. The first kappa shape index (κ1) is 16.5. The van der Waals surface area contributed by atoms with E-state index in [1.54, 1.807) is 0 Å². The van der Waals surface area contributed by atoms with Gasteiger partial charge in [-0.3, -0.25) is 4.79 Å². The molecule has 0 aliphatic heterocycles. The van der Waals surface area contributed by atoms with E-state index < -0.39 is 21.9 Å². The number of rotatable bonds is 3. The lowest BCUT2D eigenvalue weighted by atomic mass is 10.1. The molecular weight excluding hydrogens is 338 g/mol. The van der Waals surface area contributed by atoms with E-state index in [0.717, 1.165) is 0 Å². The number of nitrogens with one attached hydrogen (secondary N) is 1. The number of alkyl halides is 2. The lowest BCUT2D eigenvalue weighted by molar-refractivity contribution is 0.0130. The van der Waals surface area contributed by atoms with Gasteiger partial charge in [-0.05, 0) is 41.5 Å². The molecule has 1 aliphatic rings. The van der Waals surface area contributed by atoms with Gasteiger partial charge >= 0.3 is 0 Å². The summed E-state index contributed by atoms with van der Waals surface area (Å²) in [4.78, 5) is 12.1. The minimum absolute atomic E-state index is 0.131. The van der Waals surface area contributed by atoms with Gasteiger partial charge in [0.2, 0.25) is 10.0 Å². The van der Waals surface area contributed by atoms with Crippen LogP contribution in [0.25, 0.3) is 0 Å². The molecule has 0 atom stereocenters. The summed E-state index contributed by atoms with van der Waals surface area (Å²) in [5.74, 6) is -3.29. The highest BCUT2D eigenvalue weighted by Crippen LogP contribution is 2.34. The summed E-state index contributed by atoms with van der Waals surface area (Å²) in [6.07, 6.45) is -0.703. The van der Waals surface area contributed by atoms with Crippen LogP contribution in [-0.2, 0) is 22.9 Å². The zero-order valence-corrected chi connectivity index (χ0v) is 13.2. The van der Waals surface area contributed by atoms with Gasteiger partial charge in [-0.2, -0.15) is 0 Å². The SMILES string of the molecule is NS(=O)(=O)c1cccc(NC(=O)c2ccc3c(c2)CC(F)(F)C3)c1. The average Bonchev–Trinajstić information content (AvgIpc) is 2.79. The number of carbonyl (C=O) groups is 1. The Bertz CT molecular complexity index is 927. The fourth-order valence-electron chi connectivity index (χ4n) is 2.68. The molecule has 0 bridgehead atoms. The lowest BCUT2D eigenvalue weighted by Crippen LogP contribution is -2.15. The van der Waals surface area contributed by atoms with Gasteiger partial charge in [0.25, 0.3) is 11.8 Å². The summed E-state index contributed by atoms with van der Waals surface area (Å²) in [6.45, 7) is 0. The van der Waals surface area contributed by atoms with Crippen molar-refractivity contribution in [2.45, 2.75) is 23.7 Å². The molecule has 126 valence electrons. The van der Waals surface area contributed by atoms with Crippen LogP contribution in [-0.4, -0.2) is 20.2 Å². The fourth-order valence-corrected chi connectivity index (χ4v) is 3.24. The summed E-state index contributed by atoms with van der Waals surface area (Å²) >= 11 is 0. The molecule has 3 N–H and O–H groups in total. The second-order valence-electron chi connectivity index (χ2n) is 5.72. The molecule has 3 rings (SSSR count). The van der Waals surface area contributed by atoms with E-state index in [4.69, 9.17) is 5.14 Å². The topological polar surface area (TPSA) is 89.3 Å². The molecule has 0 spiro atoms. The number of anilines is 1. The maximum absolute atomic E-state index is 13.4.